The molecule has 0 bridgehead atoms. The Labute approximate surface area is 117 Å². The zero-order valence-corrected chi connectivity index (χ0v) is 11.6. The molecule has 1 aromatic rings. The van der Waals surface area contributed by atoms with E-state index in [-0.39, 0.29) is 0 Å². The van der Waals surface area contributed by atoms with Gasteiger partial charge in [0.25, 0.3) is 0 Å². The smallest absolute Gasteiger partial charge is 0.120 e. The lowest BCUT2D eigenvalue weighted by molar-refractivity contribution is 0.185. The molecule has 3 nitrogen and oxygen atoms in total. The van der Waals surface area contributed by atoms with Gasteiger partial charge in [-0.1, -0.05) is 23.2 Å². The Balaban J connectivity index is 1.61. The van der Waals surface area contributed by atoms with E-state index in [1.165, 1.54) is 0 Å². The molecule has 1 fully saturated rings. The van der Waals surface area contributed by atoms with Crippen molar-refractivity contribution in [2.24, 2.45) is 5.92 Å². The van der Waals surface area contributed by atoms with Crippen LogP contribution in [-0.2, 0) is 4.74 Å². The fourth-order valence-corrected chi connectivity index (χ4v) is 2.15. The lowest BCUT2D eigenvalue weighted by Gasteiger charge is -2.10. The average molecular weight is 290 g/mol. The maximum absolute atomic E-state index is 5.90. The van der Waals surface area contributed by atoms with Crippen molar-refractivity contribution in [2.75, 3.05) is 32.9 Å². The van der Waals surface area contributed by atoms with Gasteiger partial charge in [0.1, 0.15) is 12.4 Å². The molecule has 0 spiro atoms. The highest BCUT2D eigenvalue weighted by Crippen LogP contribution is 2.26. The highest BCUT2D eigenvalue weighted by Gasteiger charge is 2.14. The summed E-state index contributed by atoms with van der Waals surface area (Å²) >= 11 is 11.7. The first-order valence-electron chi connectivity index (χ1n) is 6.12. The van der Waals surface area contributed by atoms with Gasteiger partial charge in [0.05, 0.1) is 16.7 Å². The molecule has 1 aliphatic heterocycles. The van der Waals surface area contributed by atoms with Crippen molar-refractivity contribution in [3.8, 4) is 5.75 Å². The summed E-state index contributed by atoms with van der Waals surface area (Å²) in [6.07, 6.45) is 1.15. The third-order valence-electron chi connectivity index (χ3n) is 2.90. The highest BCUT2D eigenvalue weighted by molar-refractivity contribution is 6.42. The maximum atomic E-state index is 5.90. The van der Waals surface area contributed by atoms with E-state index in [0.29, 0.717) is 22.6 Å². The fourth-order valence-electron chi connectivity index (χ4n) is 1.86. The minimum atomic E-state index is 0.519. The molecule has 0 amide bonds. The first-order valence-corrected chi connectivity index (χ1v) is 6.87. The van der Waals surface area contributed by atoms with Crippen molar-refractivity contribution in [3.05, 3.63) is 28.2 Å². The second-order valence-corrected chi connectivity index (χ2v) is 5.17. The van der Waals surface area contributed by atoms with Crippen molar-refractivity contribution in [2.45, 2.75) is 6.42 Å². The van der Waals surface area contributed by atoms with Crippen molar-refractivity contribution in [1.82, 2.24) is 5.32 Å². The van der Waals surface area contributed by atoms with E-state index >= 15 is 0 Å². The Morgan fingerprint density at radius 3 is 2.94 bits per heavy atom. The standard InChI is InChI=1S/C13H17Cl2NO2/c14-12-2-1-11(7-13(12)15)18-6-4-16-8-10-3-5-17-9-10/h1-2,7,10,16H,3-6,8-9H2. The summed E-state index contributed by atoms with van der Waals surface area (Å²) < 4.78 is 10.9. The SMILES string of the molecule is Clc1ccc(OCCNCC2CCOC2)cc1Cl. The van der Waals surface area contributed by atoms with Crippen molar-refractivity contribution >= 4 is 23.2 Å². The summed E-state index contributed by atoms with van der Waals surface area (Å²) in [6, 6.07) is 5.29. The molecule has 1 unspecified atom stereocenters. The highest BCUT2D eigenvalue weighted by atomic mass is 35.5. The van der Waals surface area contributed by atoms with Gasteiger partial charge in [0, 0.05) is 25.8 Å². The van der Waals surface area contributed by atoms with Crippen molar-refractivity contribution in [3.63, 3.8) is 0 Å². The number of hydrogen-bond acceptors (Lipinski definition) is 3. The normalized spacial score (nSPS) is 19.1. The van der Waals surface area contributed by atoms with Gasteiger partial charge in [-0.3, -0.25) is 0 Å². The lowest BCUT2D eigenvalue weighted by Crippen LogP contribution is -2.27. The lowest BCUT2D eigenvalue weighted by atomic mass is 10.1. The second kappa shape index (κ2) is 7.19. The Kier molecular flexibility index (Phi) is 5.57. The Morgan fingerprint density at radius 2 is 2.22 bits per heavy atom. The molecule has 1 heterocycles. The van der Waals surface area contributed by atoms with Crippen molar-refractivity contribution < 1.29 is 9.47 Å². The third-order valence-corrected chi connectivity index (χ3v) is 3.63. The molecule has 2 rings (SSSR count). The van der Waals surface area contributed by atoms with Gasteiger partial charge in [0.15, 0.2) is 0 Å². The molecule has 5 heteroatoms. The van der Waals surface area contributed by atoms with Crippen LogP contribution in [0.25, 0.3) is 0 Å². The summed E-state index contributed by atoms with van der Waals surface area (Å²) in [5, 5.41) is 4.42. The minimum absolute atomic E-state index is 0.519. The van der Waals surface area contributed by atoms with Crippen LogP contribution in [0, 0.1) is 5.92 Å². The monoisotopic (exact) mass is 289 g/mol. The molecule has 0 radical (unpaired) electrons. The topological polar surface area (TPSA) is 30.5 Å². The average Bonchev–Trinajstić information content (AvgIpc) is 2.86. The third kappa shape index (κ3) is 4.32. The van der Waals surface area contributed by atoms with E-state index in [4.69, 9.17) is 32.7 Å². The zero-order chi connectivity index (χ0) is 12.8. The van der Waals surface area contributed by atoms with Gasteiger partial charge in [0.2, 0.25) is 0 Å². The van der Waals surface area contributed by atoms with Crippen LogP contribution in [0.2, 0.25) is 10.0 Å². The molecule has 0 aromatic heterocycles. The number of ether oxygens (including phenoxy) is 2. The van der Waals surface area contributed by atoms with Gasteiger partial charge in [-0.15, -0.1) is 0 Å². The molecule has 1 saturated heterocycles. The zero-order valence-electron chi connectivity index (χ0n) is 10.1. The number of halogens is 2. The summed E-state index contributed by atoms with van der Waals surface area (Å²) in [4.78, 5) is 0. The summed E-state index contributed by atoms with van der Waals surface area (Å²) in [7, 11) is 0. The van der Waals surface area contributed by atoms with Gasteiger partial charge in [-0.25, -0.2) is 0 Å². The van der Waals surface area contributed by atoms with E-state index in [9.17, 15) is 0 Å². The summed E-state index contributed by atoms with van der Waals surface area (Å²) in [5.74, 6) is 1.39. The van der Waals surface area contributed by atoms with Crippen LogP contribution in [0.4, 0.5) is 0 Å². The molecule has 1 aliphatic rings. The first kappa shape index (κ1) is 13.9. The predicted octanol–water partition coefficient (Wildman–Crippen LogP) is 3.00. The van der Waals surface area contributed by atoms with Crippen LogP contribution >= 0.6 is 23.2 Å². The van der Waals surface area contributed by atoms with Crippen LogP contribution in [0.1, 0.15) is 6.42 Å². The Hall–Kier alpha value is -0.480. The molecular formula is C13H17Cl2NO2. The number of rotatable bonds is 6. The molecule has 1 aromatic carbocycles. The van der Waals surface area contributed by atoms with Gasteiger partial charge in [-0.05, 0) is 24.5 Å². The van der Waals surface area contributed by atoms with Crippen LogP contribution in [0.3, 0.4) is 0 Å². The van der Waals surface area contributed by atoms with Crippen LogP contribution in [0.5, 0.6) is 5.75 Å². The largest absolute Gasteiger partial charge is 0.492 e. The molecule has 1 N–H and O–H groups in total. The Bertz CT molecular complexity index is 381. The van der Waals surface area contributed by atoms with E-state index in [1.807, 2.05) is 6.07 Å². The number of benzene rings is 1. The summed E-state index contributed by atoms with van der Waals surface area (Å²) in [6.45, 7) is 4.19. The molecule has 1 atom stereocenters. The maximum Gasteiger partial charge on any atom is 0.120 e. The molecule has 0 aliphatic carbocycles. The summed E-state index contributed by atoms with van der Waals surface area (Å²) in [5.41, 5.74) is 0. The first-order chi connectivity index (χ1) is 8.75. The van der Waals surface area contributed by atoms with E-state index in [2.05, 4.69) is 5.32 Å². The van der Waals surface area contributed by atoms with Gasteiger partial charge in [-0.2, -0.15) is 0 Å². The van der Waals surface area contributed by atoms with Crippen molar-refractivity contribution in [1.29, 1.82) is 0 Å². The molecule has 100 valence electrons. The van der Waals surface area contributed by atoms with Gasteiger partial charge >= 0.3 is 0 Å². The van der Waals surface area contributed by atoms with Crippen LogP contribution in [-0.4, -0.2) is 32.9 Å². The van der Waals surface area contributed by atoms with E-state index in [1.54, 1.807) is 12.1 Å². The quantitative estimate of drug-likeness (QED) is 0.817. The van der Waals surface area contributed by atoms with Crippen LogP contribution in [0.15, 0.2) is 18.2 Å². The molecule has 18 heavy (non-hydrogen) atoms. The fraction of sp³-hybridized carbons (Fsp3) is 0.538. The Morgan fingerprint density at radius 1 is 1.33 bits per heavy atom. The van der Waals surface area contributed by atoms with E-state index in [0.717, 1.165) is 38.5 Å². The van der Waals surface area contributed by atoms with E-state index < -0.39 is 0 Å². The predicted molar refractivity (Wildman–Crippen MR) is 73.8 cm³/mol. The van der Waals surface area contributed by atoms with Crippen LogP contribution < -0.4 is 10.1 Å². The number of nitrogens with one attached hydrogen (secondary N) is 1. The minimum Gasteiger partial charge on any atom is -0.492 e. The molecular weight excluding hydrogens is 273 g/mol. The number of hydrogen-bond donors (Lipinski definition) is 1. The second-order valence-electron chi connectivity index (χ2n) is 4.36. The molecule has 0 saturated carbocycles. The van der Waals surface area contributed by atoms with Gasteiger partial charge < -0.3 is 14.8 Å².